The smallest absolute Gasteiger partial charge is 0.255 e. The minimum atomic E-state index is -0.0370. The summed E-state index contributed by atoms with van der Waals surface area (Å²) in [4.78, 5) is 12.4. The Morgan fingerprint density at radius 3 is 2.86 bits per heavy atom. The van der Waals surface area contributed by atoms with E-state index in [0.717, 1.165) is 36.3 Å². The first-order valence-corrected chi connectivity index (χ1v) is 7.35. The van der Waals surface area contributed by atoms with Crippen molar-refractivity contribution in [3.8, 4) is 0 Å². The van der Waals surface area contributed by atoms with Crippen molar-refractivity contribution in [2.24, 2.45) is 0 Å². The van der Waals surface area contributed by atoms with Gasteiger partial charge in [0, 0.05) is 17.8 Å². The molecule has 0 fully saturated rings. The molecule has 0 aromatic heterocycles. The third-order valence-electron chi connectivity index (χ3n) is 4.21. The van der Waals surface area contributed by atoms with Crippen molar-refractivity contribution in [3.05, 3.63) is 64.2 Å². The van der Waals surface area contributed by atoms with Crippen LogP contribution in [0.1, 0.15) is 32.6 Å². The van der Waals surface area contributed by atoms with Crippen LogP contribution in [-0.2, 0) is 13.0 Å². The van der Waals surface area contributed by atoms with Crippen LogP contribution in [0.4, 0.5) is 5.69 Å². The van der Waals surface area contributed by atoms with E-state index in [1.165, 1.54) is 16.7 Å². The summed E-state index contributed by atoms with van der Waals surface area (Å²) in [5, 5.41) is 6.36. The molecule has 0 spiro atoms. The number of fused-ring (bicyclic) bond motifs is 1. The highest BCUT2D eigenvalue weighted by atomic mass is 16.1. The molecule has 0 saturated carbocycles. The SMILES string of the molecule is Cc1cccc(NC(=O)c2ccc3c(c2)CCNC3)c1C. The van der Waals surface area contributed by atoms with Crippen molar-refractivity contribution in [1.29, 1.82) is 0 Å². The fraction of sp³-hybridized carbons (Fsp3) is 0.278. The quantitative estimate of drug-likeness (QED) is 0.887. The van der Waals surface area contributed by atoms with Crippen molar-refractivity contribution >= 4 is 11.6 Å². The van der Waals surface area contributed by atoms with Gasteiger partial charge in [-0.3, -0.25) is 4.79 Å². The largest absolute Gasteiger partial charge is 0.322 e. The molecule has 0 atom stereocenters. The number of hydrogen-bond donors (Lipinski definition) is 2. The first kappa shape index (κ1) is 13.8. The van der Waals surface area contributed by atoms with E-state index in [0.29, 0.717) is 0 Å². The summed E-state index contributed by atoms with van der Waals surface area (Å²) in [5.41, 5.74) is 6.50. The van der Waals surface area contributed by atoms with Crippen LogP contribution in [0.25, 0.3) is 0 Å². The van der Waals surface area contributed by atoms with Crippen molar-refractivity contribution in [2.75, 3.05) is 11.9 Å². The molecule has 1 amide bonds. The van der Waals surface area contributed by atoms with E-state index in [9.17, 15) is 4.79 Å². The lowest BCUT2D eigenvalue weighted by molar-refractivity contribution is 0.102. The summed E-state index contributed by atoms with van der Waals surface area (Å²) in [6.45, 7) is 5.96. The van der Waals surface area contributed by atoms with Gasteiger partial charge < -0.3 is 10.6 Å². The number of rotatable bonds is 2. The number of nitrogens with one attached hydrogen (secondary N) is 2. The number of carbonyl (C=O) groups is 1. The highest BCUT2D eigenvalue weighted by molar-refractivity contribution is 6.04. The standard InChI is InChI=1S/C18H20N2O/c1-12-4-3-5-17(13(12)2)20-18(21)15-6-7-16-11-19-9-8-14(16)10-15/h3-7,10,19H,8-9,11H2,1-2H3,(H,20,21). The third kappa shape index (κ3) is 2.83. The lowest BCUT2D eigenvalue weighted by atomic mass is 9.98. The minimum Gasteiger partial charge on any atom is -0.322 e. The fourth-order valence-corrected chi connectivity index (χ4v) is 2.70. The molecule has 1 aliphatic heterocycles. The lowest BCUT2D eigenvalue weighted by Gasteiger charge is -2.18. The van der Waals surface area contributed by atoms with Gasteiger partial charge in [-0.2, -0.15) is 0 Å². The molecule has 3 rings (SSSR count). The van der Waals surface area contributed by atoms with Gasteiger partial charge in [0.25, 0.3) is 5.91 Å². The zero-order valence-corrected chi connectivity index (χ0v) is 12.5. The van der Waals surface area contributed by atoms with Crippen molar-refractivity contribution in [2.45, 2.75) is 26.8 Å². The average molecular weight is 280 g/mol. The number of benzene rings is 2. The Balaban J connectivity index is 1.84. The second-order valence-corrected chi connectivity index (χ2v) is 5.61. The molecular weight excluding hydrogens is 260 g/mol. The summed E-state index contributed by atoms with van der Waals surface area (Å²) < 4.78 is 0. The maximum atomic E-state index is 12.4. The zero-order chi connectivity index (χ0) is 14.8. The van der Waals surface area contributed by atoms with Crippen LogP contribution in [0, 0.1) is 13.8 Å². The van der Waals surface area contributed by atoms with Gasteiger partial charge in [0.2, 0.25) is 0 Å². The van der Waals surface area contributed by atoms with Crippen molar-refractivity contribution in [3.63, 3.8) is 0 Å². The summed E-state index contributed by atoms with van der Waals surface area (Å²) in [6.07, 6.45) is 0.986. The molecule has 2 N–H and O–H groups in total. The van der Waals surface area contributed by atoms with E-state index in [1.54, 1.807) is 0 Å². The van der Waals surface area contributed by atoms with E-state index in [2.05, 4.69) is 29.7 Å². The predicted molar refractivity (Wildman–Crippen MR) is 85.7 cm³/mol. The Kier molecular flexibility index (Phi) is 3.76. The Bertz CT molecular complexity index is 692. The van der Waals surface area contributed by atoms with Gasteiger partial charge in [-0.05, 0) is 67.3 Å². The number of anilines is 1. The molecule has 0 bridgehead atoms. The van der Waals surface area contributed by atoms with Gasteiger partial charge in [0.05, 0.1) is 0 Å². The zero-order valence-electron chi connectivity index (χ0n) is 12.5. The highest BCUT2D eigenvalue weighted by Crippen LogP contribution is 2.20. The summed E-state index contributed by atoms with van der Waals surface area (Å²) in [5.74, 6) is -0.0370. The summed E-state index contributed by atoms with van der Waals surface area (Å²) >= 11 is 0. The topological polar surface area (TPSA) is 41.1 Å². The maximum Gasteiger partial charge on any atom is 0.255 e. The molecule has 0 radical (unpaired) electrons. The molecule has 2 aromatic carbocycles. The van der Waals surface area contributed by atoms with Crippen LogP contribution < -0.4 is 10.6 Å². The van der Waals surface area contributed by atoms with Crippen LogP contribution in [0.5, 0.6) is 0 Å². The van der Waals surface area contributed by atoms with Crippen molar-refractivity contribution < 1.29 is 4.79 Å². The maximum absolute atomic E-state index is 12.4. The molecule has 3 nitrogen and oxygen atoms in total. The summed E-state index contributed by atoms with van der Waals surface area (Å²) in [6, 6.07) is 12.0. The Morgan fingerprint density at radius 2 is 2.00 bits per heavy atom. The lowest BCUT2D eigenvalue weighted by Crippen LogP contribution is -2.24. The molecule has 2 aromatic rings. The molecule has 0 aliphatic carbocycles. The van der Waals surface area contributed by atoms with E-state index in [1.807, 2.05) is 31.2 Å². The first-order chi connectivity index (χ1) is 10.1. The minimum absolute atomic E-state index is 0.0370. The van der Waals surface area contributed by atoms with E-state index < -0.39 is 0 Å². The normalized spacial score (nSPS) is 13.6. The van der Waals surface area contributed by atoms with Crippen LogP contribution in [0.3, 0.4) is 0 Å². The molecule has 1 aliphatic rings. The van der Waals surface area contributed by atoms with Gasteiger partial charge >= 0.3 is 0 Å². The summed E-state index contributed by atoms with van der Waals surface area (Å²) in [7, 11) is 0. The highest BCUT2D eigenvalue weighted by Gasteiger charge is 2.13. The van der Waals surface area contributed by atoms with Gasteiger partial charge in [-0.15, -0.1) is 0 Å². The first-order valence-electron chi connectivity index (χ1n) is 7.35. The Labute approximate surface area is 125 Å². The second-order valence-electron chi connectivity index (χ2n) is 5.61. The average Bonchev–Trinajstić information content (AvgIpc) is 2.51. The van der Waals surface area contributed by atoms with E-state index >= 15 is 0 Å². The second kappa shape index (κ2) is 5.70. The number of aryl methyl sites for hydroxylation is 1. The molecular formula is C18H20N2O. The molecule has 108 valence electrons. The number of amides is 1. The van der Waals surface area contributed by atoms with Crippen LogP contribution >= 0.6 is 0 Å². The Morgan fingerprint density at radius 1 is 1.14 bits per heavy atom. The Hall–Kier alpha value is -2.13. The predicted octanol–water partition coefficient (Wildman–Crippen LogP) is 3.20. The molecule has 3 heteroatoms. The number of hydrogen-bond acceptors (Lipinski definition) is 2. The van der Waals surface area contributed by atoms with Crippen LogP contribution in [-0.4, -0.2) is 12.5 Å². The van der Waals surface area contributed by atoms with E-state index in [4.69, 9.17) is 0 Å². The van der Waals surface area contributed by atoms with Gasteiger partial charge in [0.15, 0.2) is 0 Å². The van der Waals surface area contributed by atoms with Gasteiger partial charge in [-0.1, -0.05) is 18.2 Å². The fourth-order valence-electron chi connectivity index (χ4n) is 2.70. The van der Waals surface area contributed by atoms with Crippen molar-refractivity contribution in [1.82, 2.24) is 5.32 Å². The molecule has 1 heterocycles. The molecule has 0 saturated heterocycles. The number of carbonyl (C=O) groups excluding carboxylic acids is 1. The molecule has 21 heavy (non-hydrogen) atoms. The van der Waals surface area contributed by atoms with E-state index in [-0.39, 0.29) is 5.91 Å². The monoisotopic (exact) mass is 280 g/mol. The van der Waals surface area contributed by atoms with Crippen LogP contribution in [0.15, 0.2) is 36.4 Å². The molecule has 0 unspecified atom stereocenters. The van der Waals surface area contributed by atoms with Gasteiger partial charge in [0.1, 0.15) is 0 Å². The third-order valence-corrected chi connectivity index (χ3v) is 4.21. The van der Waals surface area contributed by atoms with Crippen LogP contribution in [0.2, 0.25) is 0 Å². The van der Waals surface area contributed by atoms with Gasteiger partial charge in [-0.25, -0.2) is 0 Å².